The molecule has 0 aliphatic carbocycles. The Morgan fingerprint density at radius 3 is 2.65 bits per heavy atom. The van der Waals surface area contributed by atoms with Gasteiger partial charge in [0.05, 0.1) is 24.5 Å². The van der Waals surface area contributed by atoms with E-state index >= 15 is 0 Å². The van der Waals surface area contributed by atoms with Crippen LogP contribution < -0.4 is 4.90 Å². The van der Waals surface area contributed by atoms with Crippen LogP contribution in [0.25, 0.3) is 0 Å². The molecule has 7 heteroatoms. The van der Waals surface area contributed by atoms with Crippen molar-refractivity contribution in [1.29, 1.82) is 0 Å². The number of carbonyl (C=O) groups excluding carboxylic acids is 1. The second-order valence-corrected chi connectivity index (χ2v) is 4.25. The van der Waals surface area contributed by atoms with Crippen LogP contribution in [0.5, 0.6) is 0 Å². The Balaban J connectivity index is 3.10. The van der Waals surface area contributed by atoms with Crippen LogP contribution in [0.3, 0.4) is 0 Å². The van der Waals surface area contributed by atoms with Gasteiger partial charge in [0.25, 0.3) is 5.69 Å². The minimum atomic E-state index is -0.626. The maximum Gasteiger partial charge on any atom is 0.307 e. The number of hydrogen-bond donors (Lipinski definition) is 0. The number of nitro groups is 1. The minimum Gasteiger partial charge on any atom is -0.469 e. The number of aryl methyl sites for hydroxylation is 1. The first-order chi connectivity index (χ1) is 9.40. The lowest BCUT2D eigenvalue weighted by molar-refractivity contribution is -0.384. The Kier molecular flexibility index (Phi) is 5.42. The van der Waals surface area contributed by atoms with Crippen molar-refractivity contribution in [3.05, 3.63) is 33.6 Å². The Morgan fingerprint density at radius 2 is 2.15 bits per heavy atom. The number of benzene rings is 1. The number of halogens is 1. The Bertz CT molecular complexity index is 519. The molecule has 0 aliphatic heterocycles. The molecule has 0 aliphatic rings. The molecule has 1 aromatic rings. The predicted octanol–water partition coefficient (Wildman–Crippen LogP) is 2.43. The molecule has 6 nitrogen and oxygen atoms in total. The third kappa shape index (κ3) is 3.66. The average Bonchev–Trinajstić information content (AvgIpc) is 2.42. The van der Waals surface area contributed by atoms with Crippen molar-refractivity contribution in [1.82, 2.24) is 0 Å². The monoisotopic (exact) mass is 284 g/mol. The van der Waals surface area contributed by atoms with Gasteiger partial charge < -0.3 is 9.64 Å². The van der Waals surface area contributed by atoms with E-state index in [1.165, 1.54) is 20.1 Å². The lowest BCUT2D eigenvalue weighted by Crippen LogP contribution is -2.27. The first-order valence-electron chi connectivity index (χ1n) is 6.17. The molecule has 0 amide bonds. The highest BCUT2D eigenvalue weighted by Crippen LogP contribution is 2.31. The van der Waals surface area contributed by atoms with Crippen molar-refractivity contribution in [3.8, 4) is 0 Å². The molecular formula is C13H17FN2O4. The zero-order chi connectivity index (χ0) is 15.3. The molecular weight excluding hydrogens is 267 g/mol. The molecule has 20 heavy (non-hydrogen) atoms. The van der Waals surface area contributed by atoms with Crippen LogP contribution in [0, 0.1) is 22.9 Å². The summed E-state index contributed by atoms with van der Waals surface area (Å²) >= 11 is 0. The van der Waals surface area contributed by atoms with E-state index in [0.717, 1.165) is 6.07 Å². The summed E-state index contributed by atoms with van der Waals surface area (Å²) in [5.74, 6) is -1.02. The minimum absolute atomic E-state index is 0.109. The van der Waals surface area contributed by atoms with Gasteiger partial charge in [0.2, 0.25) is 0 Å². The Hall–Kier alpha value is -2.18. The standard InChI is InChI=1S/C13H17FN2O4/c1-4-15(6-5-13(17)20-3)11-7-9(2)10(14)8-12(11)16(18)19/h7-8H,4-6H2,1-3H3. The zero-order valence-electron chi connectivity index (χ0n) is 11.7. The molecule has 0 atom stereocenters. The SMILES string of the molecule is CCN(CCC(=O)OC)c1cc(C)c(F)cc1[N+](=O)[O-]. The van der Waals surface area contributed by atoms with Crippen LogP contribution in [0.2, 0.25) is 0 Å². The highest BCUT2D eigenvalue weighted by Gasteiger charge is 2.21. The summed E-state index contributed by atoms with van der Waals surface area (Å²) in [6, 6.07) is 2.33. The highest BCUT2D eigenvalue weighted by atomic mass is 19.1. The van der Waals surface area contributed by atoms with Gasteiger partial charge in [-0.25, -0.2) is 4.39 Å². The maximum atomic E-state index is 13.5. The summed E-state index contributed by atoms with van der Waals surface area (Å²) in [4.78, 5) is 23.2. The summed E-state index contributed by atoms with van der Waals surface area (Å²) in [6.07, 6.45) is 0.109. The van der Waals surface area contributed by atoms with E-state index in [4.69, 9.17) is 0 Å². The van der Waals surface area contributed by atoms with E-state index in [1.54, 1.807) is 11.8 Å². The van der Waals surface area contributed by atoms with Crippen LogP contribution >= 0.6 is 0 Å². The third-order valence-electron chi connectivity index (χ3n) is 2.99. The van der Waals surface area contributed by atoms with Crippen molar-refractivity contribution in [2.75, 3.05) is 25.1 Å². The number of methoxy groups -OCH3 is 1. The Morgan fingerprint density at radius 1 is 1.50 bits per heavy atom. The number of nitro benzene ring substituents is 1. The lowest BCUT2D eigenvalue weighted by atomic mass is 10.1. The fourth-order valence-corrected chi connectivity index (χ4v) is 1.83. The number of carbonyl (C=O) groups is 1. The van der Waals surface area contributed by atoms with Crippen LogP contribution in [0.15, 0.2) is 12.1 Å². The molecule has 0 heterocycles. The molecule has 0 saturated heterocycles. The van der Waals surface area contributed by atoms with Crippen LogP contribution in [-0.2, 0) is 9.53 Å². The van der Waals surface area contributed by atoms with Crippen molar-refractivity contribution in [2.24, 2.45) is 0 Å². The molecule has 0 aromatic heterocycles. The smallest absolute Gasteiger partial charge is 0.307 e. The van der Waals surface area contributed by atoms with Gasteiger partial charge in [-0.1, -0.05) is 0 Å². The first-order valence-corrected chi connectivity index (χ1v) is 6.17. The number of hydrogen-bond acceptors (Lipinski definition) is 5. The third-order valence-corrected chi connectivity index (χ3v) is 2.99. The fraction of sp³-hybridized carbons (Fsp3) is 0.462. The lowest BCUT2D eigenvalue weighted by Gasteiger charge is -2.22. The number of rotatable bonds is 6. The van der Waals surface area contributed by atoms with Crippen molar-refractivity contribution in [2.45, 2.75) is 20.3 Å². The van der Waals surface area contributed by atoms with Gasteiger partial charge in [-0.15, -0.1) is 0 Å². The number of anilines is 1. The molecule has 1 aromatic carbocycles. The zero-order valence-corrected chi connectivity index (χ0v) is 11.7. The van der Waals surface area contributed by atoms with E-state index in [9.17, 15) is 19.3 Å². The van der Waals surface area contributed by atoms with Gasteiger partial charge >= 0.3 is 5.97 Å². The Labute approximate surface area is 116 Å². The first kappa shape index (κ1) is 15.9. The highest BCUT2D eigenvalue weighted by molar-refractivity contribution is 5.71. The number of nitrogens with zero attached hydrogens (tertiary/aromatic N) is 2. The van der Waals surface area contributed by atoms with Gasteiger partial charge in [0, 0.05) is 13.1 Å². The van der Waals surface area contributed by atoms with Crippen molar-refractivity contribution >= 4 is 17.3 Å². The predicted molar refractivity (Wildman–Crippen MR) is 72.3 cm³/mol. The topological polar surface area (TPSA) is 72.7 Å². The number of esters is 1. The molecule has 0 unspecified atom stereocenters. The molecule has 0 bridgehead atoms. The normalized spacial score (nSPS) is 10.2. The summed E-state index contributed by atoms with van der Waals surface area (Å²) in [5.41, 5.74) is 0.322. The van der Waals surface area contributed by atoms with Gasteiger partial charge in [-0.3, -0.25) is 14.9 Å². The van der Waals surface area contributed by atoms with Gasteiger partial charge in [0.1, 0.15) is 11.5 Å². The van der Waals surface area contributed by atoms with Crippen LogP contribution in [0.4, 0.5) is 15.8 Å². The molecule has 0 N–H and O–H groups in total. The quantitative estimate of drug-likeness (QED) is 0.455. The summed E-state index contributed by atoms with van der Waals surface area (Å²) in [6.45, 7) is 4.08. The summed E-state index contributed by atoms with van der Waals surface area (Å²) in [7, 11) is 1.28. The van der Waals surface area contributed by atoms with E-state index in [0.29, 0.717) is 17.8 Å². The van der Waals surface area contributed by atoms with Crippen molar-refractivity contribution in [3.63, 3.8) is 0 Å². The van der Waals surface area contributed by atoms with Gasteiger partial charge in [-0.05, 0) is 25.5 Å². The van der Waals surface area contributed by atoms with E-state index < -0.39 is 16.7 Å². The molecule has 110 valence electrons. The summed E-state index contributed by atoms with van der Waals surface area (Å²) in [5, 5.41) is 11.0. The second-order valence-electron chi connectivity index (χ2n) is 4.25. The van der Waals surface area contributed by atoms with E-state index in [2.05, 4.69) is 4.74 Å². The second kappa shape index (κ2) is 6.83. The molecule has 0 radical (unpaired) electrons. The molecule has 0 spiro atoms. The van der Waals surface area contributed by atoms with Gasteiger partial charge in [-0.2, -0.15) is 0 Å². The summed E-state index contributed by atoms with van der Waals surface area (Å²) < 4.78 is 18.0. The molecule has 0 fully saturated rings. The molecule has 0 saturated carbocycles. The van der Waals surface area contributed by atoms with E-state index in [1.807, 2.05) is 0 Å². The van der Waals surface area contributed by atoms with Crippen LogP contribution in [-0.4, -0.2) is 31.1 Å². The number of ether oxygens (including phenoxy) is 1. The fourth-order valence-electron chi connectivity index (χ4n) is 1.83. The van der Waals surface area contributed by atoms with Crippen molar-refractivity contribution < 1.29 is 18.8 Å². The van der Waals surface area contributed by atoms with Gasteiger partial charge in [0.15, 0.2) is 0 Å². The largest absolute Gasteiger partial charge is 0.469 e. The molecule has 1 rings (SSSR count). The van der Waals surface area contributed by atoms with Crippen LogP contribution in [0.1, 0.15) is 18.9 Å². The maximum absolute atomic E-state index is 13.5. The average molecular weight is 284 g/mol. The van der Waals surface area contributed by atoms with E-state index in [-0.39, 0.29) is 18.7 Å².